The Morgan fingerprint density at radius 1 is 1.15 bits per heavy atom. The predicted octanol–water partition coefficient (Wildman–Crippen LogP) is 3.03. The van der Waals surface area contributed by atoms with Crippen molar-refractivity contribution in [3.63, 3.8) is 0 Å². The molecule has 1 aromatic carbocycles. The standard InChI is InChI=1S/C8H6ClF3O/c1-2-3-5(10)4(9)7(12)8(13)6(3)11/h13H,2H2,1H3. The Kier molecular flexibility index (Phi) is 2.71. The van der Waals surface area contributed by atoms with Gasteiger partial charge in [0.15, 0.2) is 23.2 Å². The van der Waals surface area contributed by atoms with Gasteiger partial charge in [0.05, 0.1) is 0 Å². The van der Waals surface area contributed by atoms with Crippen molar-refractivity contribution in [2.45, 2.75) is 13.3 Å². The molecule has 13 heavy (non-hydrogen) atoms. The minimum Gasteiger partial charge on any atom is -0.503 e. The first-order chi connectivity index (χ1) is 6.00. The Morgan fingerprint density at radius 3 is 2.15 bits per heavy atom. The van der Waals surface area contributed by atoms with E-state index in [-0.39, 0.29) is 6.42 Å². The van der Waals surface area contributed by atoms with Gasteiger partial charge in [-0.25, -0.2) is 13.2 Å². The second-order valence-electron chi connectivity index (χ2n) is 2.44. The molecule has 0 aliphatic carbocycles. The van der Waals surface area contributed by atoms with Crippen LogP contribution in [0.15, 0.2) is 0 Å². The van der Waals surface area contributed by atoms with Gasteiger partial charge in [0.1, 0.15) is 5.02 Å². The van der Waals surface area contributed by atoms with E-state index in [0.29, 0.717) is 0 Å². The van der Waals surface area contributed by atoms with Crippen LogP contribution in [0.4, 0.5) is 13.2 Å². The Balaban J connectivity index is 3.56. The van der Waals surface area contributed by atoms with Gasteiger partial charge in [0.2, 0.25) is 0 Å². The first-order valence-corrected chi connectivity index (χ1v) is 3.92. The van der Waals surface area contributed by atoms with Crippen LogP contribution in [0.5, 0.6) is 5.75 Å². The van der Waals surface area contributed by atoms with E-state index < -0.39 is 33.8 Å². The van der Waals surface area contributed by atoms with E-state index >= 15 is 0 Å². The molecule has 1 nitrogen and oxygen atoms in total. The minimum atomic E-state index is -1.46. The highest BCUT2D eigenvalue weighted by atomic mass is 35.5. The molecule has 0 amide bonds. The van der Waals surface area contributed by atoms with Gasteiger partial charge >= 0.3 is 0 Å². The van der Waals surface area contributed by atoms with Crippen LogP contribution in [0.25, 0.3) is 0 Å². The molecule has 0 aromatic heterocycles. The molecule has 0 heterocycles. The van der Waals surface area contributed by atoms with E-state index in [4.69, 9.17) is 16.7 Å². The maximum absolute atomic E-state index is 13.0. The van der Waals surface area contributed by atoms with Gasteiger partial charge < -0.3 is 5.11 Å². The summed E-state index contributed by atoms with van der Waals surface area (Å²) < 4.78 is 38.6. The third-order valence-electron chi connectivity index (χ3n) is 1.68. The normalized spacial score (nSPS) is 10.5. The zero-order chi connectivity index (χ0) is 10.2. The molecule has 0 saturated heterocycles. The summed E-state index contributed by atoms with van der Waals surface area (Å²) in [7, 11) is 0. The molecule has 0 fully saturated rings. The lowest BCUT2D eigenvalue weighted by molar-refractivity contribution is 0.386. The lowest BCUT2D eigenvalue weighted by Gasteiger charge is -2.06. The van der Waals surface area contributed by atoms with Gasteiger partial charge in [0.25, 0.3) is 0 Å². The van der Waals surface area contributed by atoms with E-state index in [2.05, 4.69) is 0 Å². The van der Waals surface area contributed by atoms with Crippen molar-refractivity contribution >= 4 is 11.6 Å². The smallest absolute Gasteiger partial charge is 0.189 e. The van der Waals surface area contributed by atoms with Crippen molar-refractivity contribution in [2.24, 2.45) is 0 Å². The first-order valence-electron chi connectivity index (χ1n) is 3.54. The molecule has 72 valence electrons. The zero-order valence-electron chi connectivity index (χ0n) is 6.67. The zero-order valence-corrected chi connectivity index (χ0v) is 7.42. The Morgan fingerprint density at radius 2 is 1.69 bits per heavy atom. The molecule has 0 atom stereocenters. The van der Waals surface area contributed by atoms with Crippen LogP contribution in [0, 0.1) is 17.5 Å². The highest BCUT2D eigenvalue weighted by Crippen LogP contribution is 2.32. The molecule has 0 aliphatic heterocycles. The third-order valence-corrected chi connectivity index (χ3v) is 2.02. The highest BCUT2D eigenvalue weighted by Gasteiger charge is 2.22. The topological polar surface area (TPSA) is 20.2 Å². The predicted molar refractivity (Wildman–Crippen MR) is 42.4 cm³/mol. The first kappa shape index (κ1) is 10.2. The number of aromatic hydroxyl groups is 1. The maximum atomic E-state index is 13.0. The SMILES string of the molecule is CCc1c(F)c(O)c(F)c(Cl)c1F. The summed E-state index contributed by atoms with van der Waals surface area (Å²) >= 11 is 5.16. The average molecular weight is 211 g/mol. The molecular weight excluding hydrogens is 205 g/mol. The van der Waals surface area contributed by atoms with E-state index in [1.165, 1.54) is 6.92 Å². The second-order valence-corrected chi connectivity index (χ2v) is 2.81. The Labute approximate surface area is 77.8 Å². The van der Waals surface area contributed by atoms with Gasteiger partial charge in [-0.2, -0.15) is 0 Å². The molecular formula is C8H6ClF3O. The van der Waals surface area contributed by atoms with Crippen LogP contribution in [-0.4, -0.2) is 5.11 Å². The number of rotatable bonds is 1. The van der Waals surface area contributed by atoms with E-state index in [0.717, 1.165) is 0 Å². The number of phenolic OH excluding ortho intramolecular Hbond substituents is 1. The summed E-state index contributed by atoms with van der Waals surface area (Å²) in [6.07, 6.45) is -0.00870. The highest BCUT2D eigenvalue weighted by molar-refractivity contribution is 6.31. The average Bonchev–Trinajstić information content (AvgIpc) is 2.13. The largest absolute Gasteiger partial charge is 0.503 e. The summed E-state index contributed by atoms with van der Waals surface area (Å²) in [4.78, 5) is 0. The molecule has 0 bridgehead atoms. The molecule has 0 aliphatic rings. The quantitative estimate of drug-likeness (QED) is 0.558. The van der Waals surface area contributed by atoms with E-state index in [1.807, 2.05) is 0 Å². The van der Waals surface area contributed by atoms with Crippen LogP contribution in [0.2, 0.25) is 5.02 Å². The maximum Gasteiger partial charge on any atom is 0.189 e. The fourth-order valence-corrected chi connectivity index (χ4v) is 1.18. The van der Waals surface area contributed by atoms with Crippen LogP contribution in [0.3, 0.4) is 0 Å². The number of halogens is 4. The van der Waals surface area contributed by atoms with Crippen molar-refractivity contribution in [2.75, 3.05) is 0 Å². The molecule has 0 spiro atoms. The fraction of sp³-hybridized carbons (Fsp3) is 0.250. The lowest BCUT2D eigenvalue weighted by Crippen LogP contribution is -1.98. The number of hydrogen-bond donors (Lipinski definition) is 1. The van der Waals surface area contributed by atoms with Crippen molar-refractivity contribution in [1.29, 1.82) is 0 Å². The summed E-state index contributed by atoms with van der Waals surface area (Å²) in [5.74, 6) is -5.14. The Bertz CT molecular complexity index is 323. The second kappa shape index (κ2) is 3.46. The van der Waals surface area contributed by atoms with Crippen LogP contribution in [-0.2, 0) is 6.42 Å². The summed E-state index contributed by atoms with van der Waals surface area (Å²) in [6.45, 7) is 1.47. The van der Waals surface area contributed by atoms with Crippen molar-refractivity contribution in [3.05, 3.63) is 28.0 Å². The van der Waals surface area contributed by atoms with Gasteiger partial charge in [-0.15, -0.1) is 0 Å². The van der Waals surface area contributed by atoms with Gasteiger partial charge in [-0.1, -0.05) is 18.5 Å². The van der Waals surface area contributed by atoms with E-state index in [9.17, 15) is 13.2 Å². The summed E-state index contributed by atoms with van der Waals surface area (Å²) in [5, 5.41) is 7.94. The number of benzene rings is 1. The van der Waals surface area contributed by atoms with Crippen LogP contribution in [0.1, 0.15) is 12.5 Å². The van der Waals surface area contributed by atoms with E-state index in [1.54, 1.807) is 0 Å². The van der Waals surface area contributed by atoms with Gasteiger partial charge in [-0.3, -0.25) is 0 Å². The van der Waals surface area contributed by atoms with Crippen molar-refractivity contribution in [1.82, 2.24) is 0 Å². The number of hydrogen-bond acceptors (Lipinski definition) is 1. The molecule has 1 rings (SSSR count). The molecule has 1 aromatic rings. The molecule has 0 radical (unpaired) electrons. The molecule has 0 saturated carbocycles. The van der Waals surface area contributed by atoms with Gasteiger partial charge in [-0.05, 0) is 6.42 Å². The van der Waals surface area contributed by atoms with Gasteiger partial charge in [0, 0.05) is 5.56 Å². The third kappa shape index (κ3) is 1.46. The monoisotopic (exact) mass is 210 g/mol. The Hall–Kier alpha value is -0.900. The lowest BCUT2D eigenvalue weighted by atomic mass is 10.1. The fourth-order valence-electron chi connectivity index (χ4n) is 0.979. The molecule has 5 heteroatoms. The minimum absolute atomic E-state index is 0.00870. The molecule has 1 N–H and O–H groups in total. The summed E-state index contributed by atoms with van der Waals surface area (Å²) in [5.41, 5.74) is -0.413. The number of phenols is 1. The summed E-state index contributed by atoms with van der Waals surface area (Å²) in [6, 6.07) is 0. The van der Waals surface area contributed by atoms with Crippen LogP contribution >= 0.6 is 11.6 Å². The van der Waals surface area contributed by atoms with Crippen LogP contribution < -0.4 is 0 Å². The molecule has 0 unspecified atom stereocenters. The van der Waals surface area contributed by atoms with Crippen molar-refractivity contribution in [3.8, 4) is 5.75 Å². The van der Waals surface area contributed by atoms with Crippen molar-refractivity contribution < 1.29 is 18.3 Å².